The van der Waals surface area contributed by atoms with Gasteiger partial charge >= 0.3 is 5.97 Å². The smallest absolute Gasteiger partial charge is 0.338 e. The standard InChI is InChI=1S/C24H31NO4/c1-5-6-7-8-15-28-21-13-11-20(12-14-21)24(27)29-19(4)23(26)25-22-16-17(2)9-10-18(22)3/h9-14,16,19H,5-8,15H2,1-4H3,(H,25,26)/t19-/m1/s1. The summed E-state index contributed by atoms with van der Waals surface area (Å²) in [6, 6.07) is 12.6. The van der Waals surface area contributed by atoms with Gasteiger partial charge in [0, 0.05) is 5.69 Å². The SMILES string of the molecule is CCCCCCOc1ccc(C(=O)O[C@H](C)C(=O)Nc2cc(C)ccc2C)cc1. The molecule has 0 aliphatic heterocycles. The third kappa shape index (κ3) is 7.26. The minimum atomic E-state index is -0.906. The summed E-state index contributed by atoms with van der Waals surface area (Å²) in [5.74, 6) is -0.180. The van der Waals surface area contributed by atoms with Gasteiger partial charge in [-0.3, -0.25) is 4.79 Å². The van der Waals surface area contributed by atoms with Crippen LogP contribution in [0.1, 0.15) is 61.0 Å². The Labute approximate surface area is 173 Å². The van der Waals surface area contributed by atoms with Crippen LogP contribution in [0.3, 0.4) is 0 Å². The molecule has 1 N–H and O–H groups in total. The van der Waals surface area contributed by atoms with E-state index in [2.05, 4.69) is 12.2 Å². The zero-order valence-corrected chi connectivity index (χ0v) is 17.8. The third-order valence-corrected chi connectivity index (χ3v) is 4.66. The lowest BCUT2D eigenvalue weighted by Gasteiger charge is -2.15. The van der Waals surface area contributed by atoms with Crippen molar-refractivity contribution >= 4 is 17.6 Å². The summed E-state index contributed by atoms with van der Waals surface area (Å²) >= 11 is 0. The van der Waals surface area contributed by atoms with Crippen LogP contribution in [-0.2, 0) is 9.53 Å². The minimum Gasteiger partial charge on any atom is -0.494 e. The molecule has 2 rings (SSSR count). The number of hydrogen-bond donors (Lipinski definition) is 1. The maximum atomic E-state index is 12.4. The molecule has 0 heterocycles. The molecule has 0 radical (unpaired) electrons. The molecule has 0 bridgehead atoms. The number of hydrogen-bond acceptors (Lipinski definition) is 4. The molecule has 0 aromatic heterocycles. The summed E-state index contributed by atoms with van der Waals surface area (Å²) in [5, 5.41) is 2.82. The summed E-state index contributed by atoms with van der Waals surface area (Å²) in [5.41, 5.74) is 3.10. The van der Waals surface area contributed by atoms with Gasteiger partial charge in [0.1, 0.15) is 5.75 Å². The summed E-state index contributed by atoms with van der Waals surface area (Å²) in [4.78, 5) is 24.7. The second-order valence-corrected chi connectivity index (χ2v) is 7.29. The molecular formula is C24H31NO4. The topological polar surface area (TPSA) is 64.6 Å². The van der Waals surface area contributed by atoms with Crippen molar-refractivity contribution in [1.82, 2.24) is 0 Å². The molecule has 1 amide bonds. The zero-order chi connectivity index (χ0) is 21.2. The van der Waals surface area contributed by atoms with Crippen LogP contribution in [0.4, 0.5) is 5.69 Å². The summed E-state index contributed by atoms with van der Waals surface area (Å²) in [7, 11) is 0. The van der Waals surface area contributed by atoms with E-state index in [1.54, 1.807) is 31.2 Å². The number of aryl methyl sites for hydroxylation is 2. The molecule has 156 valence electrons. The Morgan fingerprint density at radius 1 is 1.00 bits per heavy atom. The molecular weight excluding hydrogens is 366 g/mol. The first-order valence-electron chi connectivity index (χ1n) is 10.2. The highest BCUT2D eigenvalue weighted by Gasteiger charge is 2.19. The molecule has 2 aromatic carbocycles. The number of amides is 1. The first-order chi connectivity index (χ1) is 13.9. The van der Waals surface area contributed by atoms with Gasteiger partial charge in [0.05, 0.1) is 12.2 Å². The average Bonchev–Trinajstić information content (AvgIpc) is 2.71. The van der Waals surface area contributed by atoms with Crippen molar-refractivity contribution in [2.24, 2.45) is 0 Å². The van der Waals surface area contributed by atoms with Gasteiger partial charge in [-0.15, -0.1) is 0 Å². The molecule has 0 aliphatic carbocycles. The number of carbonyl (C=O) groups excluding carboxylic acids is 2. The Hall–Kier alpha value is -2.82. The van der Waals surface area contributed by atoms with Crippen molar-refractivity contribution in [2.45, 2.75) is 59.5 Å². The summed E-state index contributed by atoms with van der Waals surface area (Å²) in [6.45, 7) is 8.27. The quantitative estimate of drug-likeness (QED) is 0.428. The molecule has 0 spiro atoms. The van der Waals surface area contributed by atoms with Crippen molar-refractivity contribution in [1.29, 1.82) is 0 Å². The van der Waals surface area contributed by atoms with Gasteiger partial charge in [-0.05, 0) is 68.7 Å². The minimum absolute atomic E-state index is 0.362. The van der Waals surface area contributed by atoms with Gasteiger partial charge in [-0.2, -0.15) is 0 Å². The van der Waals surface area contributed by atoms with Crippen LogP contribution >= 0.6 is 0 Å². The fourth-order valence-corrected chi connectivity index (χ4v) is 2.79. The van der Waals surface area contributed by atoms with Gasteiger partial charge < -0.3 is 14.8 Å². The maximum absolute atomic E-state index is 12.4. The van der Waals surface area contributed by atoms with Crippen LogP contribution in [0.25, 0.3) is 0 Å². The van der Waals surface area contributed by atoms with E-state index in [4.69, 9.17) is 9.47 Å². The fourth-order valence-electron chi connectivity index (χ4n) is 2.79. The second-order valence-electron chi connectivity index (χ2n) is 7.29. The second kappa shape index (κ2) is 11.2. The van der Waals surface area contributed by atoms with Gasteiger partial charge in [-0.25, -0.2) is 4.79 Å². The van der Waals surface area contributed by atoms with E-state index < -0.39 is 12.1 Å². The predicted molar refractivity (Wildman–Crippen MR) is 116 cm³/mol. The van der Waals surface area contributed by atoms with Gasteiger partial charge in [0.15, 0.2) is 6.10 Å². The number of nitrogens with one attached hydrogen (secondary N) is 1. The Morgan fingerprint density at radius 2 is 1.72 bits per heavy atom. The molecule has 0 saturated carbocycles. The van der Waals surface area contributed by atoms with Crippen molar-refractivity contribution in [3.05, 3.63) is 59.2 Å². The molecule has 5 heteroatoms. The van der Waals surface area contributed by atoms with Crippen molar-refractivity contribution < 1.29 is 19.1 Å². The fraction of sp³-hybridized carbons (Fsp3) is 0.417. The number of benzene rings is 2. The van der Waals surface area contributed by atoms with E-state index >= 15 is 0 Å². The largest absolute Gasteiger partial charge is 0.494 e. The van der Waals surface area contributed by atoms with E-state index in [0.717, 1.165) is 35.4 Å². The normalized spacial score (nSPS) is 11.6. The molecule has 0 aliphatic rings. The molecule has 29 heavy (non-hydrogen) atoms. The number of carbonyl (C=O) groups is 2. The lowest BCUT2D eigenvalue weighted by molar-refractivity contribution is -0.123. The van der Waals surface area contributed by atoms with Crippen molar-refractivity contribution in [3.63, 3.8) is 0 Å². The van der Waals surface area contributed by atoms with E-state index in [1.807, 2.05) is 32.0 Å². The van der Waals surface area contributed by atoms with Crippen molar-refractivity contribution in [3.8, 4) is 5.75 Å². The zero-order valence-electron chi connectivity index (χ0n) is 17.8. The lowest BCUT2D eigenvalue weighted by Crippen LogP contribution is -2.30. The number of ether oxygens (including phenoxy) is 2. The Morgan fingerprint density at radius 3 is 2.41 bits per heavy atom. The van der Waals surface area contributed by atoms with Crippen molar-refractivity contribution in [2.75, 3.05) is 11.9 Å². The first-order valence-corrected chi connectivity index (χ1v) is 10.2. The van der Waals surface area contributed by atoms with E-state index in [9.17, 15) is 9.59 Å². The molecule has 5 nitrogen and oxygen atoms in total. The van der Waals surface area contributed by atoms with Crippen LogP contribution in [0.15, 0.2) is 42.5 Å². The van der Waals surface area contributed by atoms with Crippen LogP contribution in [0.5, 0.6) is 5.75 Å². The molecule has 2 aromatic rings. The van der Waals surface area contributed by atoms with Gasteiger partial charge in [0.25, 0.3) is 5.91 Å². The predicted octanol–water partition coefficient (Wildman–Crippen LogP) is 5.45. The Balaban J connectivity index is 1.85. The third-order valence-electron chi connectivity index (χ3n) is 4.66. The highest BCUT2D eigenvalue weighted by molar-refractivity contribution is 5.97. The molecule has 0 fully saturated rings. The van der Waals surface area contributed by atoms with Crippen LogP contribution in [0.2, 0.25) is 0 Å². The summed E-state index contributed by atoms with van der Waals surface area (Å²) < 4.78 is 11.0. The Bertz CT molecular complexity index is 814. The molecule has 1 atom stereocenters. The van der Waals surface area contributed by atoms with Crippen LogP contribution in [0, 0.1) is 13.8 Å². The first kappa shape index (κ1) is 22.5. The monoisotopic (exact) mass is 397 g/mol. The Kier molecular flexibility index (Phi) is 8.71. The van der Waals surface area contributed by atoms with E-state index in [1.165, 1.54) is 12.8 Å². The number of anilines is 1. The molecule has 0 saturated heterocycles. The van der Waals surface area contributed by atoms with Crippen LogP contribution in [-0.4, -0.2) is 24.6 Å². The van der Waals surface area contributed by atoms with Gasteiger partial charge in [0.2, 0.25) is 0 Å². The van der Waals surface area contributed by atoms with E-state index in [0.29, 0.717) is 12.2 Å². The number of rotatable bonds is 10. The summed E-state index contributed by atoms with van der Waals surface area (Å²) in [6.07, 6.45) is 3.67. The number of esters is 1. The van der Waals surface area contributed by atoms with E-state index in [-0.39, 0.29) is 5.91 Å². The highest BCUT2D eigenvalue weighted by atomic mass is 16.5. The number of unbranched alkanes of at least 4 members (excludes halogenated alkanes) is 3. The average molecular weight is 398 g/mol. The van der Waals surface area contributed by atoms with Gasteiger partial charge in [-0.1, -0.05) is 38.3 Å². The lowest BCUT2D eigenvalue weighted by atomic mass is 10.1. The maximum Gasteiger partial charge on any atom is 0.338 e. The molecule has 0 unspecified atom stereocenters. The van der Waals surface area contributed by atoms with Crippen LogP contribution < -0.4 is 10.1 Å². The highest BCUT2D eigenvalue weighted by Crippen LogP contribution is 2.18.